The van der Waals surface area contributed by atoms with Crippen molar-refractivity contribution in [2.24, 2.45) is 11.1 Å². The fraction of sp³-hybridized carbons (Fsp3) is 0.867. The van der Waals surface area contributed by atoms with Crippen LogP contribution in [0.15, 0.2) is 0 Å². The number of rotatable bonds is 5. The Morgan fingerprint density at radius 1 is 1.05 bits per heavy atom. The summed E-state index contributed by atoms with van der Waals surface area (Å²) in [5.41, 5.74) is 5.72. The highest BCUT2D eigenvalue weighted by molar-refractivity contribution is 5.77. The first-order valence-corrected chi connectivity index (χ1v) is 7.59. The quantitative estimate of drug-likeness (QED) is 0.825. The van der Waals surface area contributed by atoms with Gasteiger partial charge in [0, 0.05) is 39.5 Å². The van der Waals surface area contributed by atoms with Crippen LogP contribution in [0.25, 0.3) is 0 Å². The average molecular weight is 283 g/mol. The van der Waals surface area contributed by atoms with Gasteiger partial charge in [0.25, 0.3) is 0 Å². The highest BCUT2D eigenvalue weighted by atomic mass is 16.2. The molecule has 0 saturated carbocycles. The molecule has 0 aromatic rings. The molecule has 20 heavy (non-hydrogen) atoms. The van der Waals surface area contributed by atoms with E-state index in [4.69, 9.17) is 5.73 Å². The molecule has 1 aliphatic rings. The zero-order valence-electron chi connectivity index (χ0n) is 13.2. The largest absolute Gasteiger partial charge is 0.341 e. The van der Waals surface area contributed by atoms with E-state index in [1.165, 1.54) is 0 Å². The third-order valence-corrected chi connectivity index (χ3v) is 4.13. The summed E-state index contributed by atoms with van der Waals surface area (Å²) >= 11 is 0. The van der Waals surface area contributed by atoms with Gasteiger partial charge in [-0.1, -0.05) is 13.8 Å². The summed E-state index contributed by atoms with van der Waals surface area (Å²) in [7, 11) is 0. The highest BCUT2D eigenvalue weighted by Crippen LogP contribution is 2.26. The second-order valence-corrected chi connectivity index (χ2v) is 6.44. The Balaban J connectivity index is 2.42. The van der Waals surface area contributed by atoms with Crippen LogP contribution in [0.2, 0.25) is 0 Å². The number of nitrogens with zero attached hydrogens (tertiary/aromatic N) is 2. The first kappa shape index (κ1) is 17.0. The molecule has 1 heterocycles. The van der Waals surface area contributed by atoms with Crippen molar-refractivity contribution in [1.29, 1.82) is 0 Å². The Morgan fingerprint density at radius 2 is 1.65 bits per heavy atom. The van der Waals surface area contributed by atoms with Gasteiger partial charge in [-0.25, -0.2) is 0 Å². The normalized spacial score (nSPS) is 17.0. The minimum absolute atomic E-state index is 0.100. The fourth-order valence-corrected chi connectivity index (χ4v) is 2.60. The molecule has 0 aromatic carbocycles. The number of hydrogen-bond donors (Lipinski definition) is 1. The van der Waals surface area contributed by atoms with Crippen LogP contribution in [0, 0.1) is 5.41 Å². The predicted octanol–water partition coefficient (Wildman–Crippen LogP) is 1.22. The number of carbonyl (C=O) groups is 2. The predicted molar refractivity (Wildman–Crippen MR) is 80.1 cm³/mol. The maximum atomic E-state index is 12.3. The molecule has 0 unspecified atom stereocenters. The van der Waals surface area contributed by atoms with Crippen LogP contribution in [0.1, 0.15) is 46.5 Å². The van der Waals surface area contributed by atoms with Crippen LogP contribution in [-0.2, 0) is 9.59 Å². The van der Waals surface area contributed by atoms with Gasteiger partial charge in [0.05, 0.1) is 0 Å². The maximum absolute atomic E-state index is 12.3. The van der Waals surface area contributed by atoms with Gasteiger partial charge in [-0.05, 0) is 31.2 Å². The molecular formula is C15H29N3O2. The lowest BCUT2D eigenvalue weighted by Gasteiger charge is -2.26. The van der Waals surface area contributed by atoms with Gasteiger partial charge >= 0.3 is 0 Å². The third kappa shape index (κ3) is 5.49. The Hall–Kier alpha value is -1.10. The second-order valence-electron chi connectivity index (χ2n) is 6.44. The molecule has 116 valence electrons. The van der Waals surface area contributed by atoms with Gasteiger partial charge in [0.1, 0.15) is 0 Å². The Labute approximate surface area is 122 Å². The first-order chi connectivity index (χ1) is 9.35. The third-order valence-electron chi connectivity index (χ3n) is 4.13. The number of hydrogen-bond acceptors (Lipinski definition) is 3. The summed E-state index contributed by atoms with van der Waals surface area (Å²) in [4.78, 5) is 27.4. The van der Waals surface area contributed by atoms with Crippen molar-refractivity contribution in [3.05, 3.63) is 0 Å². The van der Waals surface area contributed by atoms with Crippen LogP contribution >= 0.6 is 0 Å². The molecule has 0 radical (unpaired) electrons. The summed E-state index contributed by atoms with van der Waals surface area (Å²) in [6, 6.07) is 0. The molecule has 0 aliphatic carbocycles. The van der Waals surface area contributed by atoms with E-state index in [1.807, 2.05) is 9.80 Å². The van der Waals surface area contributed by atoms with Crippen molar-refractivity contribution >= 4 is 11.8 Å². The maximum Gasteiger partial charge on any atom is 0.222 e. The lowest BCUT2D eigenvalue weighted by molar-refractivity contribution is -0.133. The van der Waals surface area contributed by atoms with Gasteiger partial charge in [-0.15, -0.1) is 0 Å². The summed E-state index contributed by atoms with van der Waals surface area (Å²) in [5, 5.41) is 0. The van der Waals surface area contributed by atoms with Crippen molar-refractivity contribution in [2.45, 2.75) is 46.5 Å². The van der Waals surface area contributed by atoms with Crippen LogP contribution in [-0.4, -0.2) is 54.3 Å². The lowest BCUT2D eigenvalue weighted by Crippen LogP contribution is -2.36. The summed E-state index contributed by atoms with van der Waals surface area (Å²) in [6.07, 6.45) is 3.26. The molecule has 1 saturated heterocycles. The van der Waals surface area contributed by atoms with Gasteiger partial charge in [-0.2, -0.15) is 0 Å². The molecule has 1 fully saturated rings. The van der Waals surface area contributed by atoms with E-state index in [1.54, 1.807) is 6.92 Å². The van der Waals surface area contributed by atoms with Crippen molar-refractivity contribution in [2.75, 3.05) is 32.7 Å². The van der Waals surface area contributed by atoms with Gasteiger partial charge in [-0.3, -0.25) is 9.59 Å². The van der Waals surface area contributed by atoms with Gasteiger partial charge in [0.15, 0.2) is 0 Å². The van der Waals surface area contributed by atoms with E-state index >= 15 is 0 Å². The van der Waals surface area contributed by atoms with E-state index in [0.717, 1.165) is 32.4 Å². The summed E-state index contributed by atoms with van der Waals surface area (Å²) in [5.74, 6) is 0.309. The molecule has 0 bridgehead atoms. The van der Waals surface area contributed by atoms with Crippen LogP contribution in [0.5, 0.6) is 0 Å². The summed E-state index contributed by atoms with van der Waals surface area (Å²) < 4.78 is 0. The van der Waals surface area contributed by atoms with E-state index in [9.17, 15) is 9.59 Å². The van der Waals surface area contributed by atoms with Crippen molar-refractivity contribution in [3.8, 4) is 0 Å². The first-order valence-electron chi connectivity index (χ1n) is 7.59. The molecular weight excluding hydrogens is 254 g/mol. The van der Waals surface area contributed by atoms with Crippen molar-refractivity contribution < 1.29 is 9.59 Å². The van der Waals surface area contributed by atoms with Crippen LogP contribution in [0.4, 0.5) is 0 Å². The Kier molecular flexibility index (Phi) is 6.46. The second kappa shape index (κ2) is 7.62. The summed E-state index contributed by atoms with van der Waals surface area (Å²) in [6.45, 7) is 9.42. The lowest BCUT2D eigenvalue weighted by atomic mass is 9.84. The molecule has 1 aliphatic heterocycles. The molecule has 0 aromatic heterocycles. The van der Waals surface area contributed by atoms with E-state index < -0.39 is 0 Å². The minimum Gasteiger partial charge on any atom is -0.341 e. The van der Waals surface area contributed by atoms with Gasteiger partial charge in [0.2, 0.25) is 11.8 Å². The Bertz CT molecular complexity index is 342. The molecule has 0 spiro atoms. The van der Waals surface area contributed by atoms with Gasteiger partial charge < -0.3 is 15.5 Å². The number of amides is 2. The van der Waals surface area contributed by atoms with Crippen LogP contribution < -0.4 is 5.73 Å². The average Bonchev–Trinajstić information content (AvgIpc) is 2.61. The molecule has 5 heteroatoms. The SMILES string of the molecule is CC(=O)N1CCCN(C(=O)CCC(C)(C)CCN)CC1. The molecule has 1 rings (SSSR count). The highest BCUT2D eigenvalue weighted by Gasteiger charge is 2.23. The van der Waals surface area contributed by atoms with E-state index in [-0.39, 0.29) is 17.2 Å². The minimum atomic E-state index is 0.100. The number of carbonyl (C=O) groups excluding carboxylic acids is 2. The molecule has 2 N–H and O–H groups in total. The van der Waals surface area contributed by atoms with E-state index in [0.29, 0.717) is 26.1 Å². The monoisotopic (exact) mass is 283 g/mol. The molecule has 5 nitrogen and oxygen atoms in total. The Morgan fingerprint density at radius 3 is 2.25 bits per heavy atom. The molecule has 2 amide bonds. The smallest absolute Gasteiger partial charge is 0.222 e. The van der Waals surface area contributed by atoms with Crippen LogP contribution in [0.3, 0.4) is 0 Å². The number of nitrogens with two attached hydrogens (primary N) is 1. The molecule has 0 atom stereocenters. The van der Waals surface area contributed by atoms with Crippen molar-refractivity contribution in [3.63, 3.8) is 0 Å². The standard InChI is InChI=1S/C15H29N3O2/c1-13(19)17-9-4-10-18(12-11-17)14(20)5-6-15(2,3)7-8-16/h4-12,16H2,1-3H3. The topological polar surface area (TPSA) is 66.6 Å². The van der Waals surface area contributed by atoms with E-state index in [2.05, 4.69) is 13.8 Å². The zero-order valence-corrected chi connectivity index (χ0v) is 13.2. The van der Waals surface area contributed by atoms with Crippen molar-refractivity contribution in [1.82, 2.24) is 9.80 Å². The fourth-order valence-electron chi connectivity index (χ4n) is 2.60. The zero-order chi connectivity index (χ0) is 15.2.